The number of allylic oxidation sites excluding steroid dienone is 4. The van der Waals surface area contributed by atoms with Gasteiger partial charge in [0.25, 0.3) is 0 Å². The molecule has 0 bridgehead atoms. The Balaban J connectivity index is -0.000000327. The van der Waals surface area contributed by atoms with Gasteiger partial charge in [-0.3, -0.25) is 0 Å². The summed E-state index contributed by atoms with van der Waals surface area (Å²) in [6.45, 7) is 7.73. The Hall–Kier alpha value is -0.906. The Labute approximate surface area is 295 Å². The van der Waals surface area contributed by atoms with Gasteiger partial charge >= 0.3 is 21.7 Å². The molecule has 45 heavy (non-hydrogen) atoms. The zero-order valence-electron chi connectivity index (χ0n) is 30.2. The molecule has 6 heteroatoms. The zero-order valence-corrected chi connectivity index (χ0v) is 31.8. The van der Waals surface area contributed by atoms with Crippen LogP contribution >= 0.6 is 0 Å². The minimum absolute atomic E-state index is 0. The van der Waals surface area contributed by atoms with Crippen molar-refractivity contribution in [2.45, 2.75) is 214 Å². The molecule has 0 spiro atoms. The van der Waals surface area contributed by atoms with Crippen LogP contribution in [0.1, 0.15) is 207 Å². The summed E-state index contributed by atoms with van der Waals surface area (Å²) in [4.78, 5) is 20.4. The van der Waals surface area contributed by atoms with E-state index in [9.17, 15) is 24.9 Å². The van der Waals surface area contributed by atoms with Crippen LogP contribution in [-0.4, -0.2) is 18.0 Å². The SMILES string of the molecule is CC(C)[O-].CCCCCCCCC=CCCCCCCCC(=O)[O-].CCCCCCCCC=CCCCCCCCC(=O)[O-].[Ti+3]. The van der Waals surface area contributed by atoms with Crippen molar-refractivity contribution in [2.24, 2.45) is 0 Å². The fourth-order valence-corrected chi connectivity index (χ4v) is 4.68. The number of carboxylic acid groups (broad SMARTS) is 2. The van der Waals surface area contributed by atoms with Gasteiger partial charge < -0.3 is 24.9 Å². The third-order valence-electron chi connectivity index (χ3n) is 7.29. The van der Waals surface area contributed by atoms with E-state index in [1.807, 2.05) is 0 Å². The molecule has 0 heterocycles. The van der Waals surface area contributed by atoms with E-state index in [-0.39, 0.29) is 34.6 Å². The molecule has 0 aromatic rings. The molecule has 0 N–H and O–H groups in total. The van der Waals surface area contributed by atoms with Crippen molar-refractivity contribution in [3.8, 4) is 0 Å². The van der Waals surface area contributed by atoms with Crippen molar-refractivity contribution in [3.05, 3.63) is 24.3 Å². The molecule has 5 nitrogen and oxygen atoms in total. The van der Waals surface area contributed by atoms with Crippen LogP contribution in [0.25, 0.3) is 0 Å². The van der Waals surface area contributed by atoms with Gasteiger partial charge in [-0.2, -0.15) is 0 Å². The Morgan fingerprint density at radius 2 is 0.644 bits per heavy atom. The molecule has 0 atom stereocenters. The number of rotatable bonds is 30. The van der Waals surface area contributed by atoms with Crippen LogP contribution in [0.5, 0.6) is 0 Å². The fraction of sp³-hybridized carbons (Fsp3) is 0.846. The van der Waals surface area contributed by atoms with E-state index in [4.69, 9.17) is 0 Å². The van der Waals surface area contributed by atoms with Crippen molar-refractivity contribution in [3.63, 3.8) is 0 Å². The van der Waals surface area contributed by atoms with Crippen LogP contribution in [0.15, 0.2) is 24.3 Å². The monoisotopic (exact) mass is 669 g/mol. The minimum Gasteiger partial charge on any atom is -0.852 e. The molecule has 0 aliphatic carbocycles. The van der Waals surface area contributed by atoms with E-state index in [0.717, 1.165) is 38.5 Å². The number of hydrogen-bond acceptors (Lipinski definition) is 5. The first kappa shape index (κ1) is 50.9. The number of aliphatic carboxylic acids is 2. The van der Waals surface area contributed by atoms with Gasteiger partial charge in [0.15, 0.2) is 0 Å². The second kappa shape index (κ2) is 47.5. The molecular weight excluding hydrogens is 596 g/mol. The van der Waals surface area contributed by atoms with Crippen molar-refractivity contribution in [1.82, 2.24) is 0 Å². The van der Waals surface area contributed by atoms with Crippen LogP contribution in [-0.2, 0) is 31.3 Å². The third-order valence-corrected chi connectivity index (χ3v) is 7.29. The summed E-state index contributed by atoms with van der Waals surface area (Å²) >= 11 is 0. The molecular formula is C39H73O5Ti. The summed E-state index contributed by atoms with van der Waals surface area (Å²) in [5.74, 6) is -1.83. The predicted octanol–water partition coefficient (Wildman–Crippen LogP) is 9.30. The van der Waals surface area contributed by atoms with Gasteiger partial charge in [0.1, 0.15) is 0 Å². The number of carbonyl (C=O) groups is 2. The summed E-state index contributed by atoms with van der Waals surface area (Å²) in [6.07, 6.45) is 41.4. The first-order chi connectivity index (χ1) is 21.3. The second-order valence-corrected chi connectivity index (χ2v) is 12.5. The number of unbranched alkanes of at least 4 members (excludes halogenated alkanes) is 22. The molecule has 0 saturated heterocycles. The maximum absolute atomic E-state index is 10.2. The van der Waals surface area contributed by atoms with Gasteiger partial charge in [-0.1, -0.05) is 155 Å². The number of carboxylic acids is 2. The van der Waals surface area contributed by atoms with Gasteiger partial charge in [0.05, 0.1) is 0 Å². The average Bonchev–Trinajstić information content (AvgIpc) is 2.97. The fourth-order valence-electron chi connectivity index (χ4n) is 4.68. The van der Waals surface area contributed by atoms with Crippen molar-refractivity contribution in [2.75, 3.05) is 0 Å². The third kappa shape index (κ3) is 66.4. The van der Waals surface area contributed by atoms with E-state index in [0.29, 0.717) is 0 Å². The largest absolute Gasteiger partial charge is 3.00 e. The topological polar surface area (TPSA) is 103 Å². The summed E-state index contributed by atoms with van der Waals surface area (Å²) < 4.78 is 0. The van der Waals surface area contributed by atoms with Crippen LogP contribution in [0.2, 0.25) is 0 Å². The molecule has 263 valence electrons. The molecule has 0 unspecified atom stereocenters. The Kier molecular flexibility index (Phi) is 53.8. The van der Waals surface area contributed by atoms with Crippen molar-refractivity contribution >= 4 is 11.9 Å². The molecule has 0 rings (SSSR count). The van der Waals surface area contributed by atoms with Crippen molar-refractivity contribution in [1.29, 1.82) is 0 Å². The number of carbonyl (C=O) groups excluding carboxylic acids is 2. The first-order valence-electron chi connectivity index (χ1n) is 18.6. The van der Waals surface area contributed by atoms with Crippen LogP contribution < -0.4 is 15.3 Å². The molecule has 0 aliphatic heterocycles. The van der Waals surface area contributed by atoms with E-state index >= 15 is 0 Å². The van der Waals surface area contributed by atoms with E-state index in [1.54, 1.807) is 13.8 Å². The maximum Gasteiger partial charge on any atom is 3.00 e. The van der Waals surface area contributed by atoms with Crippen LogP contribution in [0.4, 0.5) is 0 Å². The van der Waals surface area contributed by atoms with Gasteiger partial charge in [-0.25, -0.2) is 0 Å². The molecule has 0 aromatic heterocycles. The van der Waals surface area contributed by atoms with Gasteiger partial charge in [-0.15, -0.1) is 6.10 Å². The van der Waals surface area contributed by atoms with E-state index in [1.165, 1.54) is 128 Å². The summed E-state index contributed by atoms with van der Waals surface area (Å²) in [5.41, 5.74) is 0. The molecule has 0 amide bonds. The minimum atomic E-state index is -0.914. The molecule has 0 saturated carbocycles. The van der Waals surface area contributed by atoms with Gasteiger partial charge in [0, 0.05) is 11.9 Å². The average molecular weight is 670 g/mol. The Morgan fingerprint density at radius 1 is 0.444 bits per heavy atom. The first-order valence-corrected chi connectivity index (χ1v) is 18.6. The standard InChI is InChI=1S/2C18H34O2.C3H7O.Ti/c2*1-2-3-4-5-6-7-8-9-10-11-12-13-14-15-16-17-18(19)20;1-3(2)4;/h2*9-10H,2-8,11-17H2,1H3,(H,19,20);3H,1-2H3;/q;;-1;+3/p-2. The molecule has 1 radical (unpaired) electrons. The Morgan fingerprint density at radius 3 is 0.867 bits per heavy atom. The van der Waals surface area contributed by atoms with Crippen LogP contribution in [0.3, 0.4) is 0 Å². The Bertz CT molecular complexity index is 566. The smallest absolute Gasteiger partial charge is 0.852 e. The predicted molar refractivity (Wildman–Crippen MR) is 184 cm³/mol. The van der Waals surface area contributed by atoms with Crippen LogP contribution in [0, 0.1) is 0 Å². The van der Waals surface area contributed by atoms with Gasteiger partial charge in [0.2, 0.25) is 0 Å². The van der Waals surface area contributed by atoms with E-state index in [2.05, 4.69) is 38.2 Å². The zero-order chi connectivity index (χ0) is 33.4. The van der Waals surface area contributed by atoms with E-state index < -0.39 is 18.0 Å². The summed E-state index contributed by atoms with van der Waals surface area (Å²) in [5, 5.41) is 30.0. The quantitative estimate of drug-likeness (QED) is 0.0431. The normalized spacial score (nSPS) is 10.8. The maximum atomic E-state index is 10.2. The summed E-state index contributed by atoms with van der Waals surface area (Å²) in [6, 6.07) is 0. The second-order valence-electron chi connectivity index (χ2n) is 12.5. The molecule has 0 aromatic carbocycles. The summed E-state index contributed by atoms with van der Waals surface area (Å²) in [7, 11) is 0. The molecule has 0 aliphatic rings. The van der Waals surface area contributed by atoms with Gasteiger partial charge in [-0.05, 0) is 77.0 Å². The number of hydrogen-bond donors (Lipinski definition) is 0. The van der Waals surface area contributed by atoms with Crippen molar-refractivity contribution < 1.29 is 46.6 Å². The molecule has 0 fully saturated rings.